The fourth-order valence-corrected chi connectivity index (χ4v) is 5.00. The third kappa shape index (κ3) is 3.49. The minimum Gasteiger partial charge on any atom is -0.497 e. The van der Waals surface area contributed by atoms with E-state index in [0.29, 0.717) is 16.9 Å². The van der Waals surface area contributed by atoms with Crippen LogP contribution in [-0.4, -0.2) is 23.2 Å². The van der Waals surface area contributed by atoms with E-state index in [1.165, 1.54) is 12.8 Å². The molecule has 2 aliphatic rings. The molecule has 0 N–H and O–H groups in total. The first kappa shape index (κ1) is 18.8. The van der Waals surface area contributed by atoms with Gasteiger partial charge in [-0.2, -0.15) is 0 Å². The number of anilines is 2. The number of hydrogen-bond donors (Lipinski definition) is 0. The number of hydrogen-bond acceptors (Lipinski definition) is 4. The van der Waals surface area contributed by atoms with Gasteiger partial charge in [0.15, 0.2) is 0 Å². The molecular weight excluding hydrogens is 430 g/mol. The summed E-state index contributed by atoms with van der Waals surface area (Å²) < 4.78 is 8.11. The van der Waals surface area contributed by atoms with Crippen molar-refractivity contribution in [3.63, 3.8) is 0 Å². The molecule has 2 aromatic rings. The van der Waals surface area contributed by atoms with Crippen LogP contribution in [0.15, 0.2) is 27.6 Å². The molecule has 1 aliphatic heterocycles. The van der Waals surface area contributed by atoms with Crippen molar-refractivity contribution in [3.05, 3.63) is 43.9 Å². The fraction of sp³-hybridized carbons (Fsp3) is 0.500. The summed E-state index contributed by atoms with van der Waals surface area (Å²) in [7, 11) is 1.66. The summed E-state index contributed by atoms with van der Waals surface area (Å²) in [6, 6.07) is 4.16. The number of halogens is 2. The molecular formula is C20H23BrClN3O2. The summed E-state index contributed by atoms with van der Waals surface area (Å²) in [5, 5.41) is 0.362. The van der Waals surface area contributed by atoms with Crippen LogP contribution >= 0.6 is 27.5 Å². The first-order valence-corrected chi connectivity index (χ1v) is 10.6. The molecule has 1 saturated carbocycles. The summed E-state index contributed by atoms with van der Waals surface area (Å²) in [5.41, 5.74) is 2.07. The number of rotatable bonds is 5. The number of ether oxygens (including phenoxy) is 1. The highest BCUT2D eigenvalue weighted by Gasteiger charge is 2.33. The van der Waals surface area contributed by atoms with Gasteiger partial charge >= 0.3 is 0 Å². The molecule has 2 heterocycles. The van der Waals surface area contributed by atoms with Gasteiger partial charge in [-0.25, -0.2) is 4.98 Å². The minimum atomic E-state index is -0.0614. The molecule has 0 bridgehead atoms. The van der Waals surface area contributed by atoms with Gasteiger partial charge in [0.1, 0.15) is 10.9 Å². The zero-order valence-corrected chi connectivity index (χ0v) is 17.9. The van der Waals surface area contributed by atoms with Crippen LogP contribution in [0.5, 0.6) is 5.75 Å². The van der Waals surface area contributed by atoms with Gasteiger partial charge in [0.05, 0.1) is 12.8 Å². The van der Waals surface area contributed by atoms with Crippen molar-refractivity contribution >= 4 is 39.0 Å². The van der Waals surface area contributed by atoms with Gasteiger partial charge in [0.25, 0.3) is 5.56 Å². The van der Waals surface area contributed by atoms with Crippen molar-refractivity contribution < 1.29 is 4.74 Å². The van der Waals surface area contributed by atoms with Crippen LogP contribution in [0.3, 0.4) is 0 Å². The average molecular weight is 453 g/mol. The number of fused-ring (bicyclic) bond motifs is 1. The maximum atomic E-state index is 13.4. The molecule has 1 fully saturated rings. The van der Waals surface area contributed by atoms with Gasteiger partial charge in [0.2, 0.25) is 5.82 Å². The zero-order chi connectivity index (χ0) is 19.1. The van der Waals surface area contributed by atoms with Gasteiger partial charge in [0, 0.05) is 23.3 Å². The predicted molar refractivity (Wildman–Crippen MR) is 112 cm³/mol. The first-order chi connectivity index (χ1) is 13.0. The second-order valence-corrected chi connectivity index (χ2v) is 8.53. The second-order valence-electron chi connectivity index (χ2n) is 7.28. The van der Waals surface area contributed by atoms with E-state index in [0.717, 1.165) is 47.3 Å². The predicted octanol–water partition coefficient (Wildman–Crippen LogP) is 5.11. The van der Waals surface area contributed by atoms with Gasteiger partial charge < -0.3 is 14.2 Å². The van der Waals surface area contributed by atoms with Gasteiger partial charge in [-0.1, -0.05) is 18.5 Å². The maximum absolute atomic E-state index is 13.4. The van der Waals surface area contributed by atoms with Crippen LogP contribution in [-0.2, 0) is 6.42 Å². The van der Waals surface area contributed by atoms with Crippen LogP contribution in [0.1, 0.15) is 44.2 Å². The van der Waals surface area contributed by atoms with Crippen LogP contribution in [0.25, 0.3) is 0 Å². The SMILES string of the molecule is CC[C@@H](C1CC1)n1cc(Cl)nc(N2CCCc3cc(OC)cc(Br)c32)c1=O. The highest BCUT2D eigenvalue weighted by atomic mass is 79.9. The summed E-state index contributed by atoms with van der Waals surface area (Å²) in [6.45, 7) is 2.86. The Kier molecular flexibility index (Phi) is 5.21. The van der Waals surface area contributed by atoms with E-state index in [1.807, 2.05) is 21.6 Å². The Balaban J connectivity index is 1.84. The number of benzene rings is 1. The van der Waals surface area contributed by atoms with E-state index in [9.17, 15) is 4.79 Å². The lowest BCUT2D eigenvalue weighted by Crippen LogP contribution is -2.35. The molecule has 7 heteroatoms. The van der Waals surface area contributed by atoms with Crippen molar-refractivity contribution in [2.24, 2.45) is 5.92 Å². The monoisotopic (exact) mass is 451 g/mol. The Morgan fingerprint density at radius 1 is 1.41 bits per heavy atom. The quantitative estimate of drug-likeness (QED) is 0.632. The van der Waals surface area contributed by atoms with Crippen LogP contribution in [0.4, 0.5) is 11.5 Å². The maximum Gasteiger partial charge on any atom is 0.294 e. The summed E-state index contributed by atoms with van der Waals surface area (Å²) >= 11 is 10.0. The minimum absolute atomic E-state index is 0.0614. The molecule has 5 nitrogen and oxygen atoms in total. The largest absolute Gasteiger partial charge is 0.497 e. The fourth-order valence-electron chi connectivity index (χ4n) is 4.12. The molecule has 1 atom stereocenters. The molecule has 0 amide bonds. The van der Waals surface area contributed by atoms with Crippen LogP contribution < -0.4 is 15.2 Å². The average Bonchev–Trinajstić information content (AvgIpc) is 3.49. The number of aromatic nitrogens is 2. The van der Waals surface area contributed by atoms with E-state index >= 15 is 0 Å². The molecule has 0 saturated heterocycles. The third-order valence-electron chi connectivity index (χ3n) is 5.53. The molecule has 0 spiro atoms. The Bertz CT molecular complexity index is 926. The number of methoxy groups -OCH3 is 1. The van der Waals surface area contributed by atoms with E-state index < -0.39 is 0 Å². The van der Waals surface area contributed by atoms with Crippen molar-refractivity contribution in [1.82, 2.24) is 9.55 Å². The third-order valence-corrected chi connectivity index (χ3v) is 6.32. The van der Waals surface area contributed by atoms with Crippen LogP contribution in [0, 0.1) is 5.92 Å². The Labute approximate surface area is 172 Å². The van der Waals surface area contributed by atoms with E-state index in [4.69, 9.17) is 16.3 Å². The summed E-state index contributed by atoms with van der Waals surface area (Å²) in [4.78, 5) is 19.8. The normalized spacial score (nSPS) is 17.6. The Morgan fingerprint density at radius 3 is 2.85 bits per heavy atom. The van der Waals surface area contributed by atoms with Crippen LogP contribution in [0.2, 0.25) is 5.15 Å². The summed E-state index contributed by atoms with van der Waals surface area (Å²) in [5.74, 6) is 1.79. The molecule has 1 aromatic carbocycles. The van der Waals surface area contributed by atoms with E-state index in [1.54, 1.807) is 13.3 Å². The lowest BCUT2D eigenvalue weighted by Gasteiger charge is -2.32. The highest BCUT2D eigenvalue weighted by Crippen LogP contribution is 2.42. The molecule has 0 radical (unpaired) electrons. The van der Waals surface area contributed by atoms with E-state index in [2.05, 4.69) is 27.8 Å². The van der Waals surface area contributed by atoms with Crippen molar-refractivity contribution in [2.45, 2.75) is 45.1 Å². The molecule has 0 unspecified atom stereocenters. The smallest absolute Gasteiger partial charge is 0.294 e. The zero-order valence-electron chi connectivity index (χ0n) is 15.5. The van der Waals surface area contributed by atoms with E-state index in [-0.39, 0.29) is 11.6 Å². The second kappa shape index (κ2) is 7.47. The molecule has 27 heavy (non-hydrogen) atoms. The van der Waals surface area contributed by atoms with Crippen molar-refractivity contribution in [3.8, 4) is 5.75 Å². The highest BCUT2D eigenvalue weighted by molar-refractivity contribution is 9.10. The van der Waals surface area contributed by atoms with Gasteiger partial charge in [-0.15, -0.1) is 0 Å². The van der Waals surface area contributed by atoms with Gasteiger partial charge in [-0.05, 0) is 71.6 Å². The Morgan fingerprint density at radius 2 is 2.19 bits per heavy atom. The van der Waals surface area contributed by atoms with Gasteiger partial charge in [-0.3, -0.25) is 4.79 Å². The number of aryl methyl sites for hydroxylation is 1. The Hall–Kier alpha value is -1.53. The molecule has 4 rings (SSSR count). The number of nitrogens with zero attached hydrogens (tertiary/aromatic N) is 3. The van der Waals surface area contributed by atoms with Crippen molar-refractivity contribution in [1.29, 1.82) is 0 Å². The standard InChI is InChI=1S/C20H23BrClN3O2/c1-3-16(12-6-7-12)25-11-17(22)23-19(20(25)26)24-8-4-5-13-9-14(27-2)10-15(21)18(13)24/h9-12,16H,3-8H2,1-2H3/t16-/m0/s1. The molecule has 144 valence electrons. The lowest BCUT2D eigenvalue weighted by atomic mass is 10.0. The first-order valence-electron chi connectivity index (χ1n) is 9.46. The summed E-state index contributed by atoms with van der Waals surface area (Å²) in [6.07, 6.45) is 6.86. The lowest BCUT2D eigenvalue weighted by molar-refractivity contribution is 0.413. The molecule has 1 aliphatic carbocycles. The molecule has 1 aromatic heterocycles. The van der Waals surface area contributed by atoms with Crippen molar-refractivity contribution in [2.75, 3.05) is 18.6 Å². The topological polar surface area (TPSA) is 47.4 Å².